The second kappa shape index (κ2) is 6.59. The van der Waals surface area contributed by atoms with Crippen molar-refractivity contribution in [2.24, 2.45) is 0 Å². The van der Waals surface area contributed by atoms with Crippen LogP contribution in [0, 0.1) is 0 Å². The van der Waals surface area contributed by atoms with Gasteiger partial charge >= 0.3 is 0 Å². The summed E-state index contributed by atoms with van der Waals surface area (Å²) in [7, 11) is 0. The number of hydrogen-bond donors (Lipinski definition) is 1. The Morgan fingerprint density at radius 1 is 0.842 bits per heavy atom. The number of benzene rings is 2. The summed E-state index contributed by atoms with van der Waals surface area (Å²) in [5.41, 5.74) is 2.49. The standard InChI is InChI=1S/C15H15NO2.BrH/c1-2-4-12(5-3-1)9-16-10-13-6-7-14-15(8-13)18-11-17-14;/h1-8,16H,9-11H2;1H. The molecular formula is C15H16BrNO2. The molecule has 3 rings (SSSR count). The van der Waals surface area contributed by atoms with E-state index in [2.05, 4.69) is 35.6 Å². The average molecular weight is 322 g/mol. The maximum Gasteiger partial charge on any atom is 0.231 e. The minimum Gasteiger partial charge on any atom is -0.454 e. The summed E-state index contributed by atoms with van der Waals surface area (Å²) < 4.78 is 10.6. The molecule has 0 aromatic heterocycles. The summed E-state index contributed by atoms with van der Waals surface area (Å²) in [5, 5.41) is 3.41. The second-order valence-electron chi connectivity index (χ2n) is 4.28. The van der Waals surface area contributed by atoms with Gasteiger partial charge in [-0.3, -0.25) is 0 Å². The van der Waals surface area contributed by atoms with Crippen LogP contribution in [0.4, 0.5) is 0 Å². The Morgan fingerprint density at radius 2 is 1.58 bits per heavy atom. The van der Waals surface area contributed by atoms with E-state index in [0.29, 0.717) is 6.79 Å². The van der Waals surface area contributed by atoms with E-state index in [1.54, 1.807) is 0 Å². The molecule has 19 heavy (non-hydrogen) atoms. The van der Waals surface area contributed by atoms with E-state index in [1.807, 2.05) is 18.2 Å². The van der Waals surface area contributed by atoms with Crippen LogP contribution < -0.4 is 14.8 Å². The van der Waals surface area contributed by atoms with Crippen molar-refractivity contribution in [2.75, 3.05) is 6.79 Å². The third-order valence-corrected chi connectivity index (χ3v) is 2.94. The summed E-state index contributed by atoms with van der Waals surface area (Å²) in [6.45, 7) is 2.02. The highest BCUT2D eigenvalue weighted by Crippen LogP contribution is 2.32. The lowest BCUT2D eigenvalue weighted by atomic mass is 10.2. The molecule has 0 saturated heterocycles. The number of rotatable bonds is 4. The molecule has 1 aliphatic rings. The molecule has 0 spiro atoms. The van der Waals surface area contributed by atoms with E-state index in [-0.39, 0.29) is 17.0 Å². The van der Waals surface area contributed by atoms with Crippen LogP contribution >= 0.6 is 17.0 Å². The van der Waals surface area contributed by atoms with Crippen LogP contribution in [0.25, 0.3) is 0 Å². The van der Waals surface area contributed by atoms with Crippen molar-refractivity contribution < 1.29 is 9.47 Å². The molecule has 0 aliphatic carbocycles. The molecule has 0 radical (unpaired) electrons. The molecule has 1 aliphatic heterocycles. The van der Waals surface area contributed by atoms with E-state index in [4.69, 9.17) is 9.47 Å². The largest absolute Gasteiger partial charge is 0.454 e. The van der Waals surface area contributed by atoms with Gasteiger partial charge in [-0.1, -0.05) is 36.4 Å². The molecule has 0 fully saturated rings. The second-order valence-corrected chi connectivity index (χ2v) is 4.28. The van der Waals surface area contributed by atoms with Gasteiger partial charge < -0.3 is 14.8 Å². The van der Waals surface area contributed by atoms with Crippen molar-refractivity contribution >= 4 is 17.0 Å². The van der Waals surface area contributed by atoms with Crippen LogP contribution in [0.3, 0.4) is 0 Å². The topological polar surface area (TPSA) is 30.5 Å². The lowest BCUT2D eigenvalue weighted by molar-refractivity contribution is 0.174. The first-order chi connectivity index (χ1) is 8.92. The first kappa shape index (κ1) is 13.9. The summed E-state index contributed by atoms with van der Waals surface area (Å²) in [4.78, 5) is 0. The first-order valence-electron chi connectivity index (χ1n) is 6.05. The molecule has 0 atom stereocenters. The van der Waals surface area contributed by atoms with Gasteiger partial charge in [-0.25, -0.2) is 0 Å². The SMILES string of the molecule is Br.c1ccc(CNCc2ccc3c(c2)OCO3)cc1. The van der Waals surface area contributed by atoms with Crippen LogP contribution in [-0.2, 0) is 13.1 Å². The maximum absolute atomic E-state index is 5.35. The van der Waals surface area contributed by atoms with Crippen molar-refractivity contribution in [3.05, 3.63) is 59.7 Å². The Bertz CT molecular complexity index is 531. The highest BCUT2D eigenvalue weighted by atomic mass is 79.9. The van der Waals surface area contributed by atoms with Crippen molar-refractivity contribution in [1.29, 1.82) is 0 Å². The molecule has 0 saturated carbocycles. The van der Waals surface area contributed by atoms with Gasteiger partial charge in [0.05, 0.1) is 0 Å². The highest BCUT2D eigenvalue weighted by Gasteiger charge is 2.12. The predicted molar refractivity (Wildman–Crippen MR) is 79.9 cm³/mol. The van der Waals surface area contributed by atoms with Gasteiger partial charge in [0.25, 0.3) is 0 Å². The maximum atomic E-state index is 5.35. The minimum atomic E-state index is 0. The number of nitrogens with one attached hydrogen (secondary N) is 1. The summed E-state index contributed by atoms with van der Waals surface area (Å²) in [6, 6.07) is 16.4. The third-order valence-electron chi connectivity index (χ3n) is 2.94. The van der Waals surface area contributed by atoms with Crippen molar-refractivity contribution in [3.63, 3.8) is 0 Å². The highest BCUT2D eigenvalue weighted by molar-refractivity contribution is 8.93. The van der Waals surface area contributed by atoms with Gasteiger partial charge in [0.2, 0.25) is 6.79 Å². The van der Waals surface area contributed by atoms with Crippen LogP contribution in [0.2, 0.25) is 0 Å². The molecule has 4 heteroatoms. The summed E-state index contributed by atoms with van der Waals surface area (Å²) >= 11 is 0. The fourth-order valence-corrected chi connectivity index (χ4v) is 2.00. The van der Waals surface area contributed by atoms with E-state index in [0.717, 1.165) is 24.6 Å². The zero-order valence-electron chi connectivity index (χ0n) is 10.5. The summed E-state index contributed by atoms with van der Waals surface area (Å²) in [5.74, 6) is 1.68. The lowest BCUT2D eigenvalue weighted by Crippen LogP contribution is -2.12. The Morgan fingerprint density at radius 3 is 2.42 bits per heavy atom. The molecule has 0 unspecified atom stereocenters. The van der Waals surface area contributed by atoms with Gasteiger partial charge in [0.15, 0.2) is 11.5 Å². The molecule has 0 amide bonds. The molecule has 1 heterocycles. The quantitative estimate of drug-likeness (QED) is 0.937. The smallest absolute Gasteiger partial charge is 0.231 e. The van der Waals surface area contributed by atoms with Gasteiger partial charge in [0, 0.05) is 13.1 Å². The zero-order valence-corrected chi connectivity index (χ0v) is 12.2. The predicted octanol–water partition coefficient (Wildman–Crippen LogP) is 3.28. The van der Waals surface area contributed by atoms with Crippen LogP contribution in [0.1, 0.15) is 11.1 Å². The van der Waals surface area contributed by atoms with Crippen LogP contribution in [0.15, 0.2) is 48.5 Å². The number of halogens is 1. The fraction of sp³-hybridized carbons (Fsp3) is 0.200. The first-order valence-corrected chi connectivity index (χ1v) is 6.05. The Balaban J connectivity index is 0.00000133. The molecule has 0 bridgehead atoms. The number of fused-ring (bicyclic) bond motifs is 1. The normalized spacial score (nSPS) is 12.0. The van der Waals surface area contributed by atoms with E-state index in [9.17, 15) is 0 Å². The van der Waals surface area contributed by atoms with Crippen LogP contribution in [-0.4, -0.2) is 6.79 Å². The van der Waals surface area contributed by atoms with Gasteiger partial charge in [-0.15, -0.1) is 17.0 Å². The fourth-order valence-electron chi connectivity index (χ4n) is 2.00. The van der Waals surface area contributed by atoms with E-state index in [1.165, 1.54) is 11.1 Å². The zero-order chi connectivity index (χ0) is 12.2. The Hall–Kier alpha value is -1.52. The summed E-state index contributed by atoms with van der Waals surface area (Å²) in [6.07, 6.45) is 0. The van der Waals surface area contributed by atoms with Gasteiger partial charge in [0.1, 0.15) is 0 Å². The van der Waals surface area contributed by atoms with Crippen molar-refractivity contribution in [3.8, 4) is 11.5 Å². The van der Waals surface area contributed by atoms with Gasteiger partial charge in [-0.2, -0.15) is 0 Å². The Kier molecular flexibility index (Phi) is 4.82. The minimum absolute atomic E-state index is 0. The number of ether oxygens (including phenoxy) is 2. The van der Waals surface area contributed by atoms with Crippen LogP contribution in [0.5, 0.6) is 11.5 Å². The van der Waals surface area contributed by atoms with E-state index < -0.39 is 0 Å². The van der Waals surface area contributed by atoms with Crippen molar-refractivity contribution in [2.45, 2.75) is 13.1 Å². The van der Waals surface area contributed by atoms with E-state index >= 15 is 0 Å². The molecule has 100 valence electrons. The molecule has 2 aromatic carbocycles. The van der Waals surface area contributed by atoms with Gasteiger partial charge in [-0.05, 0) is 23.3 Å². The number of hydrogen-bond acceptors (Lipinski definition) is 3. The Labute approximate surface area is 123 Å². The van der Waals surface area contributed by atoms with Crippen molar-refractivity contribution in [1.82, 2.24) is 5.32 Å². The molecule has 1 N–H and O–H groups in total. The average Bonchev–Trinajstić information content (AvgIpc) is 2.87. The molecule has 2 aromatic rings. The third kappa shape index (κ3) is 3.49. The molecular weight excluding hydrogens is 306 g/mol. The molecule has 3 nitrogen and oxygen atoms in total. The lowest BCUT2D eigenvalue weighted by Gasteiger charge is -2.06. The monoisotopic (exact) mass is 321 g/mol.